The fraction of sp³-hybridized carbons (Fsp3) is 0.312. The molecule has 1 saturated heterocycles. The Balaban J connectivity index is 1.76. The van der Waals surface area contributed by atoms with E-state index in [1.807, 2.05) is 11.4 Å². The van der Waals surface area contributed by atoms with Gasteiger partial charge in [0.2, 0.25) is 0 Å². The van der Waals surface area contributed by atoms with Gasteiger partial charge in [0.05, 0.1) is 18.1 Å². The van der Waals surface area contributed by atoms with Crippen LogP contribution >= 0.6 is 11.3 Å². The van der Waals surface area contributed by atoms with E-state index in [0.29, 0.717) is 4.88 Å². The molecule has 1 aliphatic rings. The predicted octanol–water partition coefficient (Wildman–Crippen LogP) is 2.35. The highest BCUT2D eigenvalue weighted by molar-refractivity contribution is 7.12. The molecule has 0 unspecified atom stereocenters. The van der Waals surface area contributed by atoms with Gasteiger partial charge in [-0.3, -0.25) is 9.69 Å². The minimum Gasteiger partial charge on any atom is -0.379 e. The number of benzene rings is 1. The molecule has 0 spiro atoms. The maximum absolute atomic E-state index is 11.2. The summed E-state index contributed by atoms with van der Waals surface area (Å²) in [4.78, 5) is 14.2. The first kappa shape index (κ1) is 14.3. The number of hydrogen-bond donors (Lipinski definition) is 1. The zero-order valence-corrected chi connectivity index (χ0v) is 12.6. The first-order valence-electron chi connectivity index (χ1n) is 7.00. The largest absolute Gasteiger partial charge is 0.379 e. The highest BCUT2D eigenvalue weighted by Gasteiger charge is 2.12. The number of carbonyl (C=O) groups is 1. The van der Waals surface area contributed by atoms with E-state index in [1.165, 1.54) is 16.9 Å². The van der Waals surface area contributed by atoms with Crippen molar-refractivity contribution in [3.63, 3.8) is 0 Å². The van der Waals surface area contributed by atoms with Crippen LogP contribution in [0.25, 0.3) is 11.1 Å². The molecule has 21 heavy (non-hydrogen) atoms. The molecule has 1 aliphatic heterocycles. The quantitative estimate of drug-likeness (QED) is 0.943. The van der Waals surface area contributed by atoms with Gasteiger partial charge in [-0.05, 0) is 34.2 Å². The Morgan fingerprint density at radius 1 is 1.24 bits per heavy atom. The van der Waals surface area contributed by atoms with E-state index < -0.39 is 0 Å². The van der Waals surface area contributed by atoms with Gasteiger partial charge in [0.15, 0.2) is 0 Å². The number of thiophene rings is 1. The predicted molar refractivity (Wildman–Crippen MR) is 84.4 cm³/mol. The van der Waals surface area contributed by atoms with Gasteiger partial charge in [0, 0.05) is 19.6 Å². The summed E-state index contributed by atoms with van der Waals surface area (Å²) in [6.07, 6.45) is 0. The van der Waals surface area contributed by atoms with Crippen molar-refractivity contribution in [2.75, 3.05) is 26.3 Å². The van der Waals surface area contributed by atoms with Crippen molar-refractivity contribution in [2.45, 2.75) is 6.54 Å². The van der Waals surface area contributed by atoms with Gasteiger partial charge < -0.3 is 10.5 Å². The first-order chi connectivity index (χ1) is 10.2. The van der Waals surface area contributed by atoms with Crippen LogP contribution in [0.3, 0.4) is 0 Å². The van der Waals surface area contributed by atoms with Gasteiger partial charge in [-0.15, -0.1) is 11.3 Å². The number of nitrogens with zero attached hydrogens (tertiary/aromatic N) is 1. The van der Waals surface area contributed by atoms with Crippen molar-refractivity contribution >= 4 is 17.2 Å². The minimum atomic E-state index is -0.365. The smallest absolute Gasteiger partial charge is 0.258 e. The molecule has 1 amide bonds. The van der Waals surface area contributed by atoms with Crippen molar-refractivity contribution in [1.29, 1.82) is 0 Å². The SMILES string of the molecule is NC(=O)c1cc(-c2cccc(CN3CCOCC3)c2)cs1. The lowest BCUT2D eigenvalue weighted by Gasteiger charge is -2.26. The Bertz CT molecular complexity index is 633. The zero-order valence-electron chi connectivity index (χ0n) is 11.7. The summed E-state index contributed by atoms with van der Waals surface area (Å²) in [6, 6.07) is 10.3. The Morgan fingerprint density at radius 2 is 2.05 bits per heavy atom. The lowest BCUT2D eigenvalue weighted by atomic mass is 10.1. The standard InChI is InChI=1S/C16H18N2O2S/c17-16(19)15-9-14(11-21-15)13-3-1-2-12(8-13)10-18-4-6-20-7-5-18/h1-3,8-9,11H,4-7,10H2,(H2,17,19). The summed E-state index contributed by atoms with van der Waals surface area (Å²) in [7, 11) is 0. The highest BCUT2D eigenvalue weighted by Crippen LogP contribution is 2.26. The van der Waals surface area contributed by atoms with Gasteiger partial charge in [0.25, 0.3) is 5.91 Å². The first-order valence-corrected chi connectivity index (χ1v) is 7.88. The number of hydrogen-bond acceptors (Lipinski definition) is 4. The third-order valence-corrected chi connectivity index (χ3v) is 4.56. The molecule has 2 heterocycles. The second-order valence-electron chi connectivity index (χ2n) is 5.15. The average Bonchev–Trinajstić information content (AvgIpc) is 2.99. The van der Waals surface area contributed by atoms with Crippen LogP contribution in [-0.4, -0.2) is 37.1 Å². The summed E-state index contributed by atoms with van der Waals surface area (Å²) in [5.41, 5.74) is 8.77. The lowest BCUT2D eigenvalue weighted by molar-refractivity contribution is 0.0342. The summed E-state index contributed by atoms with van der Waals surface area (Å²) < 4.78 is 5.37. The van der Waals surface area contributed by atoms with Crippen LogP contribution in [-0.2, 0) is 11.3 Å². The Kier molecular flexibility index (Phi) is 4.34. The molecule has 1 aromatic heterocycles. The van der Waals surface area contributed by atoms with Crippen molar-refractivity contribution in [3.05, 3.63) is 46.2 Å². The third kappa shape index (κ3) is 3.50. The molecule has 110 valence electrons. The van der Waals surface area contributed by atoms with Crippen LogP contribution in [0.2, 0.25) is 0 Å². The van der Waals surface area contributed by atoms with Crippen molar-refractivity contribution in [2.24, 2.45) is 5.73 Å². The number of morpholine rings is 1. The average molecular weight is 302 g/mol. The molecule has 5 heteroatoms. The molecule has 0 aliphatic carbocycles. The molecule has 0 saturated carbocycles. The molecule has 1 fully saturated rings. The monoisotopic (exact) mass is 302 g/mol. The van der Waals surface area contributed by atoms with E-state index in [9.17, 15) is 4.79 Å². The van der Waals surface area contributed by atoms with Gasteiger partial charge in [-0.2, -0.15) is 0 Å². The van der Waals surface area contributed by atoms with E-state index in [2.05, 4.69) is 29.2 Å². The number of rotatable bonds is 4. The van der Waals surface area contributed by atoms with Crippen molar-refractivity contribution < 1.29 is 9.53 Å². The fourth-order valence-electron chi connectivity index (χ4n) is 2.48. The van der Waals surface area contributed by atoms with Crippen LogP contribution in [0, 0.1) is 0 Å². The molecule has 2 N–H and O–H groups in total. The van der Waals surface area contributed by atoms with Gasteiger partial charge in [-0.1, -0.05) is 18.2 Å². The van der Waals surface area contributed by atoms with E-state index in [4.69, 9.17) is 10.5 Å². The second-order valence-corrected chi connectivity index (χ2v) is 6.06. The fourth-order valence-corrected chi connectivity index (χ4v) is 3.25. The summed E-state index contributed by atoms with van der Waals surface area (Å²) in [6.45, 7) is 4.52. The van der Waals surface area contributed by atoms with Gasteiger partial charge in [-0.25, -0.2) is 0 Å². The van der Waals surface area contributed by atoms with Crippen LogP contribution < -0.4 is 5.73 Å². The van der Waals surface area contributed by atoms with Crippen molar-refractivity contribution in [1.82, 2.24) is 4.90 Å². The summed E-state index contributed by atoms with van der Waals surface area (Å²) >= 11 is 1.39. The highest BCUT2D eigenvalue weighted by atomic mass is 32.1. The number of ether oxygens (including phenoxy) is 1. The van der Waals surface area contributed by atoms with Gasteiger partial charge >= 0.3 is 0 Å². The van der Waals surface area contributed by atoms with Crippen LogP contribution in [0.4, 0.5) is 0 Å². The zero-order chi connectivity index (χ0) is 14.7. The molecule has 4 nitrogen and oxygen atoms in total. The van der Waals surface area contributed by atoms with E-state index in [-0.39, 0.29) is 5.91 Å². The molecular formula is C16H18N2O2S. The topological polar surface area (TPSA) is 55.6 Å². The van der Waals surface area contributed by atoms with Crippen molar-refractivity contribution in [3.8, 4) is 11.1 Å². The van der Waals surface area contributed by atoms with Crippen LogP contribution in [0.5, 0.6) is 0 Å². The maximum Gasteiger partial charge on any atom is 0.258 e. The Morgan fingerprint density at radius 3 is 2.76 bits per heavy atom. The van der Waals surface area contributed by atoms with E-state index >= 15 is 0 Å². The number of primary amides is 1. The normalized spacial score (nSPS) is 16.0. The number of amides is 1. The molecule has 2 aromatic rings. The van der Waals surface area contributed by atoms with E-state index in [1.54, 1.807) is 0 Å². The van der Waals surface area contributed by atoms with E-state index in [0.717, 1.165) is 44.0 Å². The van der Waals surface area contributed by atoms with Crippen LogP contribution in [0.1, 0.15) is 15.2 Å². The summed E-state index contributed by atoms with van der Waals surface area (Å²) in [5, 5.41) is 1.98. The Labute approximate surface area is 128 Å². The molecule has 1 aromatic carbocycles. The summed E-state index contributed by atoms with van der Waals surface area (Å²) in [5.74, 6) is -0.365. The lowest BCUT2D eigenvalue weighted by Crippen LogP contribution is -2.35. The number of nitrogens with two attached hydrogens (primary N) is 1. The second kappa shape index (κ2) is 6.39. The third-order valence-electron chi connectivity index (χ3n) is 3.61. The Hall–Kier alpha value is -1.69. The van der Waals surface area contributed by atoms with Gasteiger partial charge in [0.1, 0.15) is 0 Å². The molecule has 0 atom stereocenters. The number of carbonyl (C=O) groups excluding carboxylic acids is 1. The maximum atomic E-state index is 11.2. The molecule has 0 bridgehead atoms. The molecular weight excluding hydrogens is 284 g/mol. The molecule has 3 rings (SSSR count). The van der Waals surface area contributed by atoms with Crippen LogP contribution in [0.15, 0.2) is 35.7 Å². The minimum absolute atomic E-state index is 0.365. The molecule has 0 radical (unpaired) electrons.